The van der Waals surface area contributed by atoms with E-state index in [4.69, 9.17) is 4.74 Å². The Hall–Kier alpha value is -2.14. The Balaban J connectivity index is 1.90. The van der Waals surface area contributed by atoms with Crippen molar-refractivity contribution in [1.82, 2.24) is 0 Å². The summed E-state index contributed by atoms with van der Waals surface area (Å²) in [6.45, 7) is 2.00. The molecule has 0 saturated carbocycles. The number of fused-ring (bicyclic) bond motifs is 1. The molecule has 1 aromatic heterocycles. The molecule has 0 bridgehead atoms. The van der Waals surface area contributed by atoms with Gasteiger partial charge in [0.2, 0.25) is 5.91 Å². The number of aryl methyl sites for hydroxylation is 1. The van der Waals surface area contributed by atoms with Crippen LogP contribution in [0.5, 0.6) is 0 Å². The van der Waals surface area contributed by atoms with Gasteiger partial charge in [0, 0.05) is 4.88 Å². The van der Waals surface area contributed by atoms with Gasteiger partial charge in [-0.2, -0.15) is 0 Å². The van der Waals surface area contributed by atoms with Crippen LogP contribution in [0.1, 0.15) is 58.5 Å². The van der Waals surface area contributed by atoms with Gasteiger partial charge in [0.1, 0.15) is 5.00 Å². The van der Waals surface area contributed by atoms with Crippen molar-refractivity contribution in [1.29, 1.82) is 0 Å². The van der Waals surface area contributed by atoms with E-state index in [-0.39, 0.29) is 17.8 Å². The molecule has 4 nitrogen and oxygen atoms in total. The molecular weight excluding hydrogens is 334 g/mol. The van der Waals surface area contributed by atoms with Crippen LogP contribution >= 0.6 is 11.3 Å². The van der Waals surface area contributed by atoms with Crippen LogP contribution in [0.25, 0.3) is 0 Å². The standard InChI is InChI=1S/C20H23NO3S/c1-3-14(13-9-5-4-6-10-13)18(22)21-19-17(20(23)24-2)15-11-7-8-12-16(15)25-19/h4-6,9-10,14H,3,7-8,11-12H2,1-2H3,(H,21,22). The molecule has 1 amide bonds. The normalized spacial score (nSPS) is 14.5. The summed E-state index contributed by atoms with van der Waals surface area (Å²) in [5.41, 5.74) is 2.60. The van der Waals surface area contributed by atoms with E-state index in [0.717, 1.165) is 36.8 Å². The van der Waals surface area contributed by atoms with Crippen LogP contribution in [-0.4, -0.2) is 19.0 Å². The summed E-state index contributed by atoms with van der Waals surface area (Å²) in [4.78, 5) is 26.4. The highest BCUT2D eigenvalue weighted by molar-refractivity contribution is 7.17. The maximum atomic E-state index is 12.9. The number of amides is 1. The first-order chi connectivity index (χ1) is 12.2. The molecule has 0 spiro atoms. The van der Waals surface area contributed by atoms with E-state index in [9.17, 15) is 9.59 Å². The van der Waals surface area contributed by atoms with E-state index in [2.05, 4.69) is 5.32 Å². The molecule has 1 unspecified atom stereocenters. The smallest absolute Gasteiger partial charge is 0.341 e. The average molecular weight is 357 g/mol. The van der Waals surface area contributed by atoms with Gasteiger partial charge in [0.25, 0.3) is 0 Å². The van der Waals surface area contributed by atoms with Crippen molar-refractivity contribution in [2.24, 2.45) is 0 Å². The second-order valence-electron chi connectivity index (χ2n) is 6.27. The van der Waals surface area contributed by atoms with Gasteiger partial charge in [-0.15, -0.1) is 11.3 Å². The second kappa shape index (κ2) is 7.83. The van der Waals surface area contributed by atoms with Crippen LogP contribution in [0.3, 0.4) is 0 Å². The Morgan fingerprint density at radius 1 is 1.20 bits per heavy atom. The van der Waals surface area contributed by atoms with Crippen molar-refractivity contribution in [3.8, 4) is 0 Å². The average Bonchev–Trinajstić information content (AvgIpc) is 3.00. The zero-order chi connectivity index (χ0) is 17.8. The fraction of sp³-hybridized carbons (Fsp3) is 0.400. The van der Waals surface area contributed by atoms with Gasteiger partial charge >= 0.3 is 5.97 Å². The Morgan fingerprint density at radius 3 is 2.60 bits per heavy atom. The van der Waals surface area contributed by atoms with Crippen LogP contribution in [-0.2, 0) is 22.4 Å². The lowest BCUT2D eigenvalue weighted by atomic mass is 9.94. The third-order valence-electron chi connectivity index (χ3n) is 4.72. The Labute approximate surface area is 152 Å². The van der Waals surface area contributed by atoms with Crippen molar-refractivity contribution < 1.29 is 14.3 Å². The molecule has 1 aliphatic carbocycles. The number of carbonyl (C=O) groups is 2. The van der Waals surface area contributed by atoms with E-state index < -0.39 is 0 Å². The van der Waals surface area contributed by atoms with E-state index in [1.54, 1.807) is 0 Å². The van der Waals surface area contributed by atoms with Gasteiger partial charge in [-0.05, 0) is 43.2 Å². The summed E-state index contributed by atoms with van der Waals surface area (Å²) in [7, 11) is 1.39. The monoisotopic (exact) mass is 357 g/mol. The summed E-state index contributed by atoms with van der Waals surface area (Å²) in [6.07, 6.45) is 4.75. The van der Waals surface area contributed by atoms with Gasteiger partial charge in [-0.3, -0.25) is 4.79 Å². The Bertz CT molecular complexity index is 767. The van der Waals surface area contributed by atoms with Crippen LogP contribution in [0.2, 0.25) is 0 Å². The molecule has 1 heterocycles. The molecule has 1 aromatic carbocycles. The lowest BCUT2D eigenvalue weighted by molar-refractivity contribution is -0.117. The first-order valence-corrected chi connectivity index (χ1v) is 9.56. The quantitative estimate of drug-likeness (QED) is 0.799. The maximum absolute atomic E-state index is 12.9. The van der Waals surface area contributed by atoms with E-state index >= 15 is 0 Å². The van der Waals surface area contributed by atoms with Gasteiger partial charge in [-0.25, -0.2) is 4.79 Å². The Kier molecular flexibility index (Phi) is 5.53. The van der Waals surface area contributed by atoms with Crippen molar-refractivity contribution in [2.75, 3.05) is 12.4 Å². The van der Waals surface area contributed by atoms with Crippen molar-refractivity contribution in [3.63, 3.8) is 0 Å². The minimum atomic E-state index is -0.359. The van der Waals surface area contributed by atoms with E-state index in [0.29, 0.717) is 17.0 Å². The third kappa shape index (κ3) is 3.61. The molecule has 1 atom stereocenters. The number of anilines is 1. The predicted molar refractivity (Wildman–Crippen MR) is 100 cm³/mol. The van der Waals surface area contributed by atoms with Gasteiger partial charge in [0.15, 0.2) is 0 Å². The molecule has 0 aliphatic heterocycles. The summed E-state index contributed by atoms with van der Waals surface area (Å²) in [5, 5.41) is 3.65. The molecule has 0 saturated heterocycles. The zero-order valence-corrected chi connectivity index (χ0v) is 15.4. The summed E-state index contributed by atoms with van der Waals surface area (Å²) in [6, 6.07) is 9.75. The zero-order valence-electron chi connectivity index (χ0n) is 14.6. The van der Waals surface area contributed by atoms with Gasteiger partial charge in [0.05, 0.1) is 18.6 Å². The van der Waals surface area contributed by atoms with Crippen LogP contribution < -0.4 is 5.32 Å². The number of hydrogen-bond acceptors (Lipinski definition) is 4. The van der Waals surface area contributed by atoms with Crippen molar-refractivity contribution in [2.45, 2.75) is 44.9 Å². The van der Waals surface area contributed by atoms with Gasteiger partial charge in [-0.1, -0.05) is 37.3 Å². The molecule has 1 N–H and O–H groups in total. The largest absolute Gasteiger partial charge is 0.465 e. The van der Waals surface area contributed by atoms with Crippen molar-refractivity contribution >= 4 is 28.2 Å². The molecule has 2 aromatic rings. The van der Waals surface area contributed by atoms with Crippen LogP contribution in [0.15, 0.2) is 30.3 Å². The molecule has 5 heteroatoms. The van der Waals surface area contributed by atoms with Gasteiger partial charge < -0.3 is 10.1 Å². The number of esters is 1. The molecular formula is C20H23NO3S. The first kappa shape index (κ1) is 17.7. The number of thiophene rings is 1. The molecule has 132 valence electrons. The van der Waals surface area contributed by atoms with E-state index in [1.807, 2.05) is 37.3 Å². The highest BCUT2D eigenvalue weighted by Gasteiger charge is 2.28. The van der Waals surface area contributed by atoms with Crippen LogP contribution in [0, 0.1) is 0 Å². The molecule has 1 aliphatic rings. The minimum Gasteiger partial charge on any atom is -0.465 e. The summed E-state index contributed by atoms with van der Waals surface area (Å²) < 4.78 is 4.97. The molecule has 0 fully saturated rings. The third-order valence-corrected chi connectivity index (χ3v) is 5.93. The topological polar surface area (TPSA) is 55.4 Å². The predicted octanol–water partition coefficient (Wildman–Crippen LogP) is 4.55. The lowest BCUT2D eigenvalue weighted by Crippen LogP contribution is -2.21. The molecule has 25 heavy (non-hydrogen) atoms. The molecule has 3 rings (SSSR count). The maximum Gasteiger partial charge on any atom is 0.341 e. The number of carbonyl (C=O) groups excluding carboxylic acids is 2. The number of benzene rings is 1. The van der Waals surface area contributed by atoms with E-state index in [1.165, 1.54) is 23.3 Å². The fourth-order valence-corrected chi connectivity index (χ4v) is 4.71. The summed E-state index contributed by atoms with van der Waals surface area (Å²) >= 11 is 1.52. The highest BCUT2D eigenvalue weighted by Crippen LogP contribution is 2.39. The van der Waals surface area contributed by atoms with Crippen LogP contribution in [0.4, 0.5) is 5.00 Å². The number of hydrogen-bond donors (Lipinski definition) is 1. The lowest BCUT2D eigenvalue weighted by Gasteiger charge is -2.15. The number of methoxy groups -OCH3 is 1. The summed E-state index contributed by atoms with van der Waals surface area (Å²) in [5.74, 6) is -0.661. The first-order valence-electron chi connectivity index (χ1n) is 8.74. The number of rotatable bonds is 5. The fourth-order valence-electron chi connectivity index (χ4n) is 3.43. The minimum absolute atomic E-state index is 0.0718. The Morgan fingerprint density at radius 2 is 1.92 bits per heavy atom. The molecule has 0 radical (unpaired) electrons. The number of nitrogens with one attached hydrogen (secondary N) is 1. The number of ether oxygens (including phenoxy) is 1. The highest BCUT2D eigenvalue weighted by atomic mass is 32.1. The SMILES string of the molecule is CCC(C(=O)Nc1sc2c(c1C(=O)OC)CCCC2)c1ccccc1. The van der Waals surface area contributed by atoms with Crippen molar-refractivity contribution in [3.05, 3.63) is 51.9 Å². The second-order valence-corrected chi connectivity index (χ2v) is 7.37.